The molecule has 1 atom stereocenters. The van der Waals surface area contributed by atoms with Crippen molar-refractivity contribution in [1.29, 1.82) is 0 Å². The van der Waals surface area contributed by atoms with Crippen LogP contribution in [0.5, 0.6) is 0 Å². The van der Waals surface area contributed by atoms with Crippen molar-refractivity contribution < 1.29 is 13.4 Å². The number of benzene rings is 2. The molecule has 0 saturated heterocycles. The Hall–Kier alpha value is -2.01. The maximum atomic E-state index is 13.7. The molecule has 0 heterocycles. The van der Waals surface area contributed by atoms with Crippen molar-refractivity contribution in [3.05, 3.63) is 59.9 Å². The number of hydrogen-bond acceptors (Lipinski definition) is 2. The summed E-state index contributed by atoms with van der Waals surface area (Å²) < 4.78 is 25.4. The van der Waals surface area contributed by atoms with Crippen molar-refractivity contribution in [3.8, 4) is 11.1 Å². The molecule has 20 heavy (non-hydrogen) atoms. The molecule has 0 bridgehead atoms. The summed E-state index contributed by atoms with van der Waals surface area (Å²) in [5.74, 6) is -0.827. The molecule has 0 spiro atoms. The standard InChI is InChI=1S/C15H14FNO2S/c16-14-7-2-1-6-13(14)12-5-3-4-11(8-12)9-20(19)10-15(17)18/h1-8H,9-10H2,(H2,17,18)/t20-/m0/s1. The van der Waals surface area contributed by atoms with E-state index in [0.717, 1.165) is 11.1 Å². The minimum Gasteiger partial charge on any atom is -0.369 e. The number of primary amides is 1. The van der Waals surface area contributed by atoms with Crippen LogP contribution in [0.25, 0.3) is 11.1 Å². The molecular formula is C15H14FNO2S. The molecule has 0 saturated carbocycles. The summed E-state index contributed by atoms with van der Waals surface area (Å²) in [5, 5.41) is 0. The van der Waals surface area contributed by atoms with Crippen molar-refractivity contribution in [1.82, 2.24) is 0 Å². The quantitative estimate of drug-likeness (QED) is 0.918. The number of hydrogen-bond donors (Lipinski definition) is 1. The Labute approximate surface area is 119 Å². The van der Waals surface area contributed by atoms with E-state index in [4.69, 9.17) is 5.73 Å². The van der Waals surface area contributed by atoms with Crippen LogP contribution in [-0.2, 0) is 21.3 Å². The van der Waals surface area contributed by atoms with E-state index in [-0.39, 0.29) is 17.3 Å². The highest BCUT2D eigenvalue weighted by molar-refractivity contribution is 7.84. The third kappa shape index (κ3) is 3.74. The molecule has 0 aliphatic carbocycles. The number of carbonyl (C=O) groups is 1. The first-order chi connectivity index (χ1) is 9.56. The number of rotatable bonds is 5. The smallest absolute Gasteiger partial charge is 0.230 e. The molecule has 0 fully saturated rings. The van der Waals surface area contributed by atoms with Gasteiger partial charge >= 0.3 is 0 Å². The molecule has 3 nitrogen and oxygen atoms in total. The first-order valence-corrected chi connectivity index (χ1v) is 7.52. The molecule has 0 radical (unpaired) electrons. The summed E-state index contributed by atoms with van der Waals surface area (Å²) in [6.07, 6.45) is 0. The second kappa shape index (κ2) is 6.43. The van der Waals surface area contributed by atoms with Gasteiger partial charge in [-0.15, -0.1) is 0 Å². The number of halogens is 1. The Morgan fingerprint density at radius 2 is 1.90 bits per heavy atom. The van der Waals surface area contributed by atoms with Gasteiger partial charge in [-0.05, 0) is 17.2 Å². The molecule has 5 heteroatoms. The van der Waals surface area contributed by atoms with Gasteiger partial charge in [0, 0.05) is 22.1 Å². The maximum absolute atomic E-state index is 13.7. The summed E-state index contributed by atoms with van der Waals surface area (Å²) in [4.78, 5) is 10.7. The van der Waals surface area contributed by atoms with Gasteiger partial charge in [-0.25, -0.2) is 4.39 Å². The van der Waals surface area contributed by atoms with E-state index >= 15 is 0 Å². The van der Waals surface area contributed by atoms with E-state index in [9.17, 15) is 13.4 Å². The summed E-state index contributed by atoms with van der Waals surface area (Å²) in [6, 6.07) is 13.6. The van der Waals surface area contributed by atoms with Crippen LogP contribution in [-0.4, -0.2) is 15.9 Å². The van der Waals surface area contributed by atoms with Gasteiger partial charge in [-0.1, -0.05) is 42.5 Å². The van der Waals surface area contributed by atoms with E-state index < -0.39 is 16.7 Å². The van der Waals surface area contributed by atoms with E-state index in [1.807, 2.05) is 0 Å². The SMILES string of the molecule is NC(=O)C[S@@](=O)Cc1cccc(-c2ccccc2F)c1. The van der Waals surface area contributed by atoms with Crippen LogP contribution in [0, 0.1) is 5.82 Å². The molecular weight excluding hydrogens is 277 g/mol. The summed E-state index contributed by atoms with van der Waals surface area (Å²) in [5.41, 5.74) is 7.00. The fourth-order valence-corrected chi connectivity index (χ4v) is 2.89. The lowest BCUT2D eigenvalue weighted by Gasteiger charge is -2.06. The Morgan fingerprint density at radius 1 is 1.15 bits per heavy atom. The highest BCUT2D eigenvalue weighted by Crippen LogP contribution is 2.23. The summed E-state index contributed by atoms with van der Waals surface area (Å²) in [6.45, 7) is 0. The van der Waals surface area contributed by atoms with Gasteiger partial charge in [0.25, 0.3) is 0 Å². The van der Waals surface area contributed by atoms with Crippen LogP contribution in [0.4, 0.5) is 4.39 Å². The van der Waals surface area contributed by atoms with Gasteiger partial charge in [-0.2, -0.15) is 0 Å². The second-order valence-electron chi connectivity index (χ2n) is 4.38. The highest BCUT2D eigenvalue weighted by Gasteiger charge is 2.08. The van der Waals surface area contributed by atoms with Crippen LogP contribution in [0.15, 0.2) is 48.5 Å². The predicted molar refractivity (Wildman–Crippen MR) is 77.7 cm³/mol. The van der Waals surface area contributed by atoms with Crippen LogP contribution >= 0.6 is 0 Å². The summed E-state index contributed by atoms with van der Waals surface area (Å²) >= 11 is 0. The zero-order chi connectivity index (χ0) is 14.5. The molecule has 2 aromatic rings. The Morgan fingerprint density at radius 3 is 2.60 bits per heavy atom. The van der Waals surface area contributed by atoms with Gasteiger partial charge in [0.05, 0.1) is 0 Å². The molecule has 2 aromatic carbocycles. The van der Waals surface area contributed by atoms with E-state index in [1.165, 1.54) is 6.07 Å². The van der Waals surface area contributed by atoms with Gasteiger partial charge in [-0.3, -0.25) is 9.00 Å². The van der Waals surface area contributed by atoms with Crippen molar-refractivity contribution in [2.24, 2.45) is 5.73 Å². The van der Waals surface area contributed by atoms with Crippen LogP contribution in [0.1, 0.15) is 5.56 Å². The first-order valence-electron chi connectivity index (χ1n) is 6.03. The minimum atomic E-state index is -1.34. The lowest BCUT2D eigenvalue weighted by Crippen LogP contribution is -2.20. The average molecular weight is 291 g/mol. The number of nitrogens with two attached hydrogens (primary N) is 1. The van der Waals surface area contributed by atoms with Crippen LogP contribution in [0.3, 0.4) is 0 Å². The first kappa shape index (κ1) is 14.4. The zero-order valence-electron chi connectivity index (χ0n) is 10.7. The average Bonchev–Trinajstić information content (AvgIpc) is 2.38. The molecule has 0 aromatic heterocycles. The molecule has 0 aliphatic rings. The van der Waals surface area contributed by atoms with Gasteiger partial charge in [0.1, 0.15) is 11.6 Å². The van der Waals surface area contributed by atoms with Crippen molar-refractivity contribution >= 4 is 16.7 Å². The third-order valence-electron chi connectivity index (χ3n) is 2.74. The molecule has 1 amide bonds. The fourth-order valence-electron chi connectivity index (χ4n) is 1.92. The number of carbonyl (C=O) groups excluding carboxylic acids is 1. The van der Waals surface area contributed by atoms with E-state index in [2.05, 4.69) is 0 Å². The zero-order valence-corrected chi connectivity index (χ0v) is 11.5. The Bertz CT molecular complexity index is 658. The van der Waals surface area contributed by atoms with Gasteiger partial charge < -0.3 is 5.73 Å². The number of amides is 1. The largest absolute Gasteiger partial charge is 0.369 e. The van der Waals surface area contributed by atoms with Crippen molar-refractivity contribution in [2.75, 3.05) is 5.75 Å². The van der Waals surface area contributed by atoms with Crippen molar-refractivity contribution in [3.63, 3.8) is 0 Å². The Kier molecular flexibility index (Phi) is 4.63. The second-order valence-corrected chi connectivity index (χ2v) is 5.83. The highest BCUT2D eigenvalue weighted by atomic mass is 32.2. The van der Waals surface area contributed by atoms with E-state index in [1.54, 1.807) is 42.5 Å². The molecule has 104 valence electrons. The molecule has 2 rings (SSSR count). The molecule has 2 N–H and O–H groups in total. The minimum absolute atomic E-state index is 0.163. The van der Waals surface area contributed by atoms with Crippen molar-refractivity contribution in [2.45, 2.75) is 5.75 Å². The monoisotopic (exact) mass is 291 g/mol. The topological polar surface area (TPSA) is 60.2 Å². The summed E-state index contributed by atoms with van der Waals surface area (Å²) in [7, 11) is -1.34. The van der Waals surface area contributed by atoms with E-state index in [0.29, 0.717) is 5.56 Å². The fraction of sp³-hybridized carbons (Fsp3) is 0.133. The molecule has 0 aliphatic heterocycles. The lowest BCUT2D eigenvalue weighted by atomic mass is 10.0. The van der Waals surface area contributed by atoms with Gasteiger partial charge in [0.15, 0.2) is 0 Å². The predicted octanol–water partition coefficient (Wildman–Crippen LogP) is 2.23. The molecule has 0 unspecified atom stereocenters. The van der Waals surface area contributed by atoms with Gasteiger partial charge in [0.2, 0.25) is 5.91 Å². The van der Waals surface area contributed by atoms with Crippen LogP contribution in [0.2, 0.25) is 0 Å². The lowest BCUT2D eigenvalue weighted by molar-refractivity contribution is -0.115. The third-order valence-corrected chi connectivity index (χ3v) is 4.00. The normalized spacial score (nSPS) is 12.1. The Balaban J connectivity index is 2.23. The maximum Gasteiger partial charge on any atom is 0.230 e. The van der Waals surface area contributed by atoms with Crippen LogP contribution < -0.4 is 5.73 Å².